The molecule has 0 saturated carbocycles. The van der Waals surface area contributed by atoms with Gasteiger partial charge in [0.1, 0.15) is 0 Å². The number of hydrogen-bond acceptors (Lipinski definition) is 2. The van der Waals surface area contributed by atoms with Gasteiger partial charge >= 0.3 is 0 Å². The highest BCUT2D eigenvalue weighted by Gasteiger charge is 2.34. The maximum atomic E-state index is 12.7. The summed E-state index contributed by atoms with van der Waals surface area (Å²) in [5.41, 5.74) is 0.916. The van der Waals surface area contributed by atoms with Gasteiger partial charge in [0.15, 0.2) is 5.11 Å². The molecular formula is C17H25N3OS. The van der Waals surface area contributed by atoms with Gasteiger partial charge in [-0.15, -0.1) is 0 Å². The van der Waals surface area contributed by atoms with Crippen molar-refractivity contribution in [3.63, 3.8) is 0 Å². The molecule has 0 aromatic heterocycles. The minimum atomic E-state index is -0.0140. The van der Waals surface area contributed by atoms with E-state index in [0.29, 0.717) is 18.2 Å². The zero-order valence-corrected chi connectivity index (χ0v) is 14.6. The topological polar surface area (TPSA) is 35.6 Å². The highest BCUT2D eigenvalue weighted by molar-refractivity contribution is 7.80. The van der Waals surface area contributed by atoms with Crippen LogP contribution in [0.4, 0.5) is 5.69 Å². The van der Waals surface area contributed by atoms with E-state index in [0.717, 1.165) is 12.1 Å². The van der Waals surface area contributed by atoms with Crippen LogP contribution in [0.5, 0.6) is 0 Å². The first-order valence-corrected chi connectivity index (χ1v) is 8.19. The molecule has 0 radical (unpaired) electrons. The summed E-state index contributed by atoms with van der Waals surface area (Å²) in [5, 5.41) is 3.99. The molecule has 0 aliphatic carbocycles. The number of likely N-dealkylation sites (N-methyl/N-ethyl adjacent to an activating group) is 1. The molecule has 1 aliphatic rings. The van der Waals surface area contributed by atoms with Gasteiger partial charge < -0.3 is 15.1 Å². The molecule has 1 atom stereocenters. The van der Waals surface area contributed by atoms with Crippen LogP contribution in [-0.2, 0) is 4.79 Å². The molecule has 1 heterocycles. The molecule has 4 nitrogen and oxygen atoms in total. The number of nitrogens with zero attached hydrogens (tertiary/aromatic N) is 2. The molecule has 0 spiro atoms. The van der Waals surface area contributed by atoms with E-state index in [4.69, 9.17) is 12.2 Å². The van der Waals surface area contributed by atoms with Crippen LogP contribution in [0.1, 0.15) is 34.1 Å². The van der Waals surface area contributed by atoms with Gasteiger partial charge in [0, 0.05) is 23.8 Å². The number of amides is 1. The number of para-hydroxylation sites is 1. The fraction of sp³-hybridized carbons (Fsp3) is 0.529. The first-order valence-electron chi connectivity index (χ1n) is 7.78. The number of benzene rings is 1. The highest BCUT2D eigenvalue weighted by Crippen LogP contribution is 2.22. The number of nitrogens with one attached hydrogen (secondary N) is 1. The normalized spacial score (nSPS) is 20.5. The van der Waals surface area contributed by atoms with Gasteiger partial charge in [0.2, 0.25) is 5.91 Å². The lowest BCUT2D eigenvalue weighted by molar-refractivity contribution is -0.119. The number of hydrogen-bond donors (Lipinski definition) is 1. The van der Waals surface area contributed by atoms with Gasteiger partial charge in [-0.25, -0.2) is 0 Å². The number of carbonyl (C=O) groups excluding carboxylic acids is 1. The maximum absolute atomic E-state index is 12.7. The summed E-state index contributed by atoms with van der Waals surface area (Å²) in [5.74, 6) is 0.0735. The SMILES string of the molecule is CCN(C(=O)CN1C(=S)NC(C)(C)C[C@@H]1C)c1ccccc1. The van der Waals surface area contributed by atoms with Crippen molar-refractivity contribution in [2.75, 3.05) is 18.0 Å². The van der Waals surface area contributed by atoms with E-state index in [-0.39, 0.29) is 17.5 Å². The summed E-state index contributed by atoms with van der Waals surface area (Å²) in [6.45, 7) is 9.35. The van der Waals surface area contributed by atoms with Crippen LogP contribution in [0.25, 0.3) is 0 Å². The third kappa shape index (κ3) is 3.77. The first kappa shape index (κ1) is 16.7. The highest BCUT2D eigenvalue weighted by atomic mass is 32.1. The zero-order chi connectivity index (χ0) is 16.3. The van der Waals surface area contributed by atoms with E-state index in [1.54, 1.807) is 4.90 Å². The molecule has 1 fully saturated rings. The molecule has 0 unspecified atom stereocenters. The average Bonchev–Trinajstić information content (AvgIpc) is 2.44. The number of anilines is 1. The van der Waals surface area contributed by atoms with Crippen LogP contribution in [-0.4, -0.2) is 40.6 Å². The van der Waals surface area contributed by atoms with Crippen molar-refractivity contribution in [2.45, 2.75) is 45.7 Å². The molecule has 22 heavy (non-hydrogen) atoms. The van der Waals surface area contributed by atoms with Crippen LogP contribution in [0.2, 0.25) is 0 Å². The lowest BCUT2D eigenvalue weighted by Gasteiger charge is -2.44. The molecule has 1 amide bonds. The van der Waals surface area contributed by atoms with Crippen molar-refractivity contribution in [3.8, 4) is 0 Å². The second-order valence-corrected chi connectivity index (χ2v) is 6.86. The molecule has 120 valence electrons. The average molecular weight is 319 g/mol. The Hall–Kier alpha value is -1.62. The van der Waals surface area contributed by atoms with E-state index in [9.17, 15) is 4.79 Å². The molecular weight excluding hydrogens is 294 g/mol. The van der Waals surface area contributed by atoms with Gasteiger partial charge in [0.05, 0.1) is 6.54 Å². The quantitative estimate of drug-likeness (QED) is 0.866. The summed E-state index contributed by atoms with van der Waals surface area (Å²) in [6, 6.07) is 10.0. The van der Waals surface area contributed by atoms with E-state index < -0.39 is 0 Å². The van der Waals surface area contributed by atoms with Crippen molar-refractivity contribution in [2.24, 2.45) is 0 Å². The van der Waals surface area contributed by atoms with Gasteiger partial charge in [-0.3, -0.25) is 4.79 Å². The monoisotopic (exact) mass is 319 g/mol. The Balaban J connectivity index is 2.09. The molecule has 1 aromatic rings. The minimum Gasteiger partial charge on any atom is -0.358 e. The van der Waals surface area contributed by atoms with Crippen molar-refractivity contribution < 1.29 is 4.79 Å². The summed E-state index contributed by atoms with van der Waals surface area (Å²) in [7, 11) is 0. The van der Waals surface area contributed by atoms with Gasteiger partial charge in [-0.05, 0) is 58.5 Å². The van der Waals surface area contributed by atoms with Gasteiger partial charge in [-0.2, -0.15) is 0 Å². The molecule has 1 N–H and O–H groups in total. The lowest BCUT2D eigenvalue weighted by atomic mass is 9.93. The zero-order valence-electron chi connectivity index (χ0n) is 13.8. The maximum Gasteiger partial charge on any atom is 0.246 e. The van der Waals surface area contributed by atoms with Crippen LogP contribution in [0.3, 0.4) is 0 Å². The van der Waals surface area contributed by atoms with Crippen LogP contribution in [0, 0.1) is 0 Å². The van der Waals surface area contributed by atoms with Crippen LogP contribution in [0.15, 0.2) is 30.3 Å². The Morgan fingerprint density at radius 3 is 2.59 bits per heavy atom. The Morgan fingerprint density at radius 2 is 2.05 bits per heavy atom. The van der Waals surface area contributed by atoms with E-state index in [1.807, 2.05) is 42.2 Å². The van der Waals surface area contributed by atoms with Gasteiger partial charge in [0.25, 0.3) is 0 Å². The largest absolute Gasteiger partial charge is 0.358 e. The third-order valence-corrected chi connectivity index (χ3v) is 4.37. The summed E-state index contributed by atoms with van der Waals surface area (Å²) < 4.78 is 0. The predicted molar refractivity (Wildman–Crippen MR) is 95.1 cm³/mol. The van der Waals surface area contributed by atoms with E-state index in [2.05, 4.69) is 26.1 Å². The van der Waals surface area contributed by atoms with Crippen molar-refractivity contribution in [3.05, 3.63) is 30.3 Å². The lowest BCUT2D eigenvalue weighted by Crippen LogP contribution is -2.61. The molecule has 5 heteroatoms. The van der Waals surface area contributed by atoms with Crippen molar-refractivity contribution in [1.29, 1.82) is 0 Å². The summed E-state index contributed by atoms with van der Waals surface area (Å²) >= 11 is 5.46. The summed E-state index contributed by atoms with van der Waals surface area (Å²) in [6.07, 6.45) is 0.956. The minimum absolute atomic E-state index is 0.0140. The smallest absolute Gasteiger partial charge is 0.246 e. The fourth-order valence-corrected chi connectivity index (χ4v) is 3.55. The fourth-order valence-electron chi connectivity index (χ4n) is 3.03. The standard InChI is InChI=1S/C17H25N3OS/c1-5-19(14-9-7-6-8-10-14)15(21)12-20-13(2)11-17(3,4)18-16(20)22/h6-10,13H,5,11-12H2,1-4H3,(H,18,22)/t13-/m0/s1. The Morgan fingerprint density at radius 1 is 1.41 bits per heavy atom. The van der Waals surface area contributed by atoms with Crippen LogP contribution >= 0.6 is 12.2 Å². The Kier molecular flexibility index (Phi) is 5.06. The molecule has 1 aromatic carbocycles. The first-order chi connectivity index (χ1) is 10.3. The Labute approximate surface area is 138 Å². The molecule has 0 bridgehead atoms. The molecule has 1 saturated heterocycles. The second kappa shape index (κ2) is 6.65. The predicted octanol–water partition coefficient (Wildman–Crippen LogP) is 2.79. The second-order valence-electron chi connectivity index (χ2n) is 6.47. The molecule has 1 aliphatic heterocycles. The molecule has 2 rings (SSSR count). The van der Waals surface area contributed by atoms with Crippen LogP contribution < -0.4 is 10.2 Å². The number of carbonyl (C=O) groups is 1. The summed E-state index contributed by atoms with van der Waals surface area (Å²) in [4.78, 5) is 16.5. The Bertz CT molecular complexity index is 544. The van der Waals surface area contributed by atoms with Crippen molar-refractivity contribution >= 4 is 28.9 Å². The third-order valence-electron chi connectivity index (χ3n) is 4.03. The number of rotatable bonds is 4. The van der Waals surface area contributed by atoms with E-state index >= 15 is 0 Å². The number of thiocarbonyl (C=S) groups is 1. The van der Waals surface area contributed by atoms with Crippen molar-refractivity contribution in [1.82, 2.24) is 10.2 Å². The van der Waals surface area contributed by atoms with E-state index in [1.165, 1.54) is 0 Å². The van der Waals surface area contributed by atoms with Gasteiger partial charge in [-0.1, -0.05) is 18.2 Å².